The van der Waals surface area contributed by atoms with E-state index < -0.39 is 82.9 Å². The van der Waals surface area contributed by atoms with Crippen molar-refractivity contribution in [2.45, 2.75) is 222 Å². The van der Waals surface area contributed by atoms with E-state index in [2.05, 4.69) is 138 Å². The minimum Gasteiger partial charge on any atom is -0.489 e. The molecule has 6 amide bonds. The number of aromatic nitrogens is 8. The normalized spacial score (nSPS) is 19.4. The smallest absolute Gasteiger partial charge is 0.308 e. The molecule has 18 rings (SSSR count). The molecule has 4 saturated heterocycles. The average molecular weight is 2020 g/mol. The highest BCUT2D eigenvalue weighted by Gasteiger charge is 2.48. The number of nitrogens with one attached hydrogen (secondary N) is 4. The summed E-state index contributed by atoms with van der Waals surface area (Å²) in [7, 11) is 2.75. The van der Waals surface area contributed by atoms with E-state index in [1.54, 1.807) is 93.9 Å². The van der Waals surface area contributed by atoms with Crippen molar-refractivity contribution >= 4 is 116 Å². The fraction of sp³-hybridized carbons (Fsp3) is 0.407. The molecule has 6 aromatic carbocycles. The Hall–Kier alpha value is -13.5. The maximum Gasteiger partial charge on any atom is 0.308 e. The molecule has 12 heterocycles. The first kappa shape index (κ1) is 102. The Morgan fingerprint density at radius 3 is 1.14 bits per heavy atom. The number of thiophene rings is 2. The first-order valence-electron chi connectivity index (χ1n) is 48.6. The first-order chi connectivity index (χ1) is 68.7. The lowest BCUT2D eigenvalue weighted by atomic mass is 9.85. The van der Waals surface area contributed by atoms with E-state index in [9.17, 15) is 48.6 Å². The van der Waals surface area contributed by atoms with Crippen LogP contribution in [0.4, 0.5) is 11.4 Å². The molecule has 0 spiro atoms. The van der Waals surface area contributed by atoms with E-state index in [-0.39, 0.29) is 86.8 Å². The fourth-order valence-electron chi connectivity index (χ4n) is 19.5. The number of fused-ring (bicyclic) bond motifs is 6. The molecule has 6 aromatic heterocycles. The van der Waals surface area contributed by atoms with Crippen LogP contribution in [0.5, 0.6) is 11.5 Å². The van der Waals surface area contributed by atoms with Crippen molar-refractivity contribution in [2.24, 2.45) is 20.8 Å². The number of likely N-dealkylation sites (tertiary alicyclic amines) is 2. The largest absolute Gasteiger partial charge is 0.489 e. The maximum absolute atomic E-state index is 14.3. The molecule has 0 aliphatic carbocycles. The van der Waals surface area contributed by atoms with Crippen LogP contribution in [0.25, 0.3) is 30.9 Å². The third kappa shape index (κ3) is 21.7. The number of amides is 6. The number of benzene rings is 6. The Morgan fingerprint density at radius 1 is 0.451 bits per heavy atom. The Bertz CT molecular complexity index is 6460. The molecule has 6 aliphatic rings. The van der Waals surface area contributed by atoms with Crippen LogP contribution in [0.1, 0.15) is 228 Å². The second-order valence-corrected chi connectivity index (χ2v) is 44.1. The summed E-state index contributed by atoms with van der Waals surface area (Å²) in [6, 6.07) is 40.7. The van der Waals surface area contributed by atoms with Crippen molar-refractivity contribution in [3.8, 4) is 42.4 Å². The molecule has 0 bridgehead atoms. The van der Waals surface area contributed by atoms with E-state index in [0.717, 1.165) is 147 Å². The summed E-state index contributed by atoms with van der Waals surface area (Å²) in [6.45, 7) is 33.9. The quantitative estimate of drug-likeness (QED) is 0.0274. The first-order valence-corrected chi connectivity index (χ1v) is 51.9. The molecule has 6 N–H and O–H groups in total. The Labute approximate surface area is 853 Å². The van der Waals surface area contributed by atoms with Crippen LogP contribution in [0.3, 0.4) is 0 Å². The summed E-state index contributed by atoms with van der Waals surface area (Å²) in [4.78, 5) is 140. The lowest BCUT2D eigenvalue weighted by Gasteiger charge is -2.35. The number of aliphatic hydroxyl groups is 2. The van der Waals surface area contributed by atoms with Crippen LogP contribution in [0.15, 0.2) is 167 Å². The number of carbonyl (C=O) groups excluding carboxylic acids is 8. The second-order valence-electron chi connectivity index (χ2n) is 40.0. The Balaban J connectivity index is 0.000000198. The standard InChI is InChI=1S/2C54H61N9O7S2/c2*1-29-32(4)72-53-45(29)46(57-42(25-44(65)69-9)49-60-59-33(5)63(49)53)35-14-18-38(19-15-35)61-23-22-41(27-61)70-40-20-16-37(17-21-40)50(66)58-48(54(6,7)8)52(68)62-26-39(64)24-43(62)51(67)56-30(2)34-10-12-36(13-11-34)47-31(3)55-28-71-47/h2*10-21,28,30,39,41-43,48,64H,22-27H2,1-9H3,(H,56,67)(H,58,66)/t30-,39+,41+,42-,43-,48+;30-,39+,41-,42-,43-,48+/m00/s1. The van der Waals surface area contributed by atoms with E-state index in [1.165, 1.54) is 33.8 Å². The van der Waals surface area contributed by atoms with Crippen molar-refractivity contribution in [2.75, 3.05) is 63.3 Å². The summed E-state index contributed by atoms with van der Waals surface area (Å²) in [5.74, 6) is 0.671. The number of nitrogens with zero attached hydrogens (tertiary/aromatic N) is 14. The summed E-state index contributed by atoms with van der Waals surface area (Å²) >= 11 is 6.48. The van der Waals surface area contributed by atoms with Gasteiger partial charge in [0.2, 0.25) is 23.6 Å². The molecule has 12 aromatic rings. The van der Waals surface area contributed by atoms with Gasteiger partial charge in [-0.2, -0.15) is 0 Å². The Kier molecular flexibility index (Phi) is 30.0. The van der Waals surface area contributed by atoms with Crippen molar-refractivity contribution < 1.29 is 67.5 Å². The molecule has 6 aliphatic heterocycles. The van der Waals surface area contributed by atoms with Crippen molar-refractivity contribution in [3.63, 3.8) is 0 Å². The number of aliphatic hydroxyl groups excluding tert-OH is 2. The highest BCUT2D eigenvalue weighted by atomic mass is 32.1. The number of thiazole rings is 2. The summed E-state index contributed by atoms with van der Waals surface area (Å²) < 4.78 is 27.0. The Morgan fingerprint density at radius 2 is 0.806 bits per heavy atom. The summed E-state index contributed by atoms with van der Waals surface area (Å²) in [5, 5.41) is 53.2. The van der Waals surface area contributed by atoms with Crippen molar-refractivity contribution in [3.05, 3.63) is 257 Å². The third-order valence-electron chi connectivity index (χ3n) is 27.9. The number of hydrogen-bond donors (Lipinski definition) is 6. The maximum atomic E-state index is 14.3. The van der Waals surface area contributed by atoms with Crippen LogP contribution in [0, 0.1) is 66.2 Å². The lowest BCUT2D eigenvalue weighted by Crippen LogP contribution is -2.57. The van der Waals surface area contributed by atoms with E-state index in [4.69, 9.17) is 28.9 Å². The number of aliphatic imine (C=N–C) groups is 2. The molecule has 4 fully saturated rings. The molecule has 32 nitrogen and oxygen atoms in total. The molecule has 12 atom stereocenters. The van der Waals surface area contributed by atoms with Gasteiger partial charge in [-0.05, 0) is 186 Å². The van der Waals surface area contributed by atoms with Crippen LogP contribution < -0.4 is 40.5 Å². The molecular formula is C108H122N18O14S4. The number of rotatable bonds is 26. The molecule has 0 radical (unpaired) electrons. The topological polar surface area (TPSA) is 387 Å². The molecule has 0 unspecified atom stereocenters. The number of β-amino-alcohol motifs (C(OH)–C–C–N with tert-alkyl or cyclic N) is 2. The molecule has 0 saturated carbocycles. The number of ether oxygens (including phenoxy) is 4. The molecular weight excluding hydrogens is 1900 g/mol. The van der Waals surface area contributed by atoms with Gasteiger partial charge in [-0.25, -0.2) is 9.97 Å². The number of methoxy groups -OCH3 is 2. The predicted octanol–water partition coefficient (Wildman–Crippen LogP) is 15.6. The van der Waals surface area contributed by atoms with Crippen molar-refractivity contribution in [1.29, 1.82) is 0 Å². The predicted molar refractivity (Wildman–Crippen MR) is 557 cm³/mol. The zero-order valence-corrected chi connectivity index (χ0v) is 87.4. The highest BCUT2D eigenvalue weighted by Crippen LogP contribution is 2.45. The zero-order valence-electron chi connectivity index (χ0n) is 84.1. The van der Waals surface area contributed by atoms with E-state index >= 15 is 0 Å². The number of hydrogen-bond acceptors (Lipinski definition) is 28. The number of anilines is 2. The van der Waals surface area contributed by atoms with Crippen molar-refractivity contribution in [1.82, 2.24) is 70.6 Å². The van der Waals surface area contributed by atoms with Gasteiger partial charge in [-0.15, -0.1) is 65.7 Å². The third-order valence-corrected chi connectivity index (χ3v) is 32.2. The minimum absolute atomic E-state index is 0.0236. The van der Waals surface area contributed by atoms with Crippen LogP contribution in [0.2, 0.25) is 0 Å². The van der Waals surface area contributed by atoms with Crippen LogP contribution in [-0.4, -0.2) is 220 Å². The SMILES string of the molecule is COC(=O)C[C@@H]1N=C(c2ccc(N3CC[C@@H](Oc4ccc(C(=O)N[C@H](C(=O)N5C[C@H](O)C[C@H]5C(=O)N[C@@H](C)c5ccc(-c6scnc6C)cc5)C(C)(C)C)cc4)C3)cc2)c2c(sc(C)c2C)-n2c(C)nnc21.COC(=O)C[C@@H]1N=C(c2ccc(N3CC[C@H](Oc4ccc(C(=O)N[C@H](C(=O)N5C[C@H](O)C[C@H]5C(=O)N[C@@H](C)c5ccc(-c6scnc6C)cc5)C(C)(C)C)cc4)C3)cc2)c2c(sc(C)c2C)-n2c(C)nnc21. The van der Waals surface area contributed by atoms with Gasteiger partial charge in [0.15, 0.2) is 11.6 Å². The number of esters is 2. The van der Waals surface area contributed by atoms with Crippen LogP contribution >= 0.6 is 45.3 Å². The monoisotopic (exact) mass is 2020 g/mol. The molecule has 144 heavy (non-hydrogen) atoms. The van der Waals surface area contributed by atoms with Crippen LogP contribution in [-0.2, 0) is 38.2 Å². The van der Waals surface area contributed by atoms with Gasteiger partial charge in [0, 0.05) is 106 Å². The van der Waals surface area contributed by atoms with Gasteiger partial charge in [0.25, 0.3) is 11.8 Å². The number of aryl methyl sites for hydroxylation is 6. The summed E-state index contributed by atoms with van der Waals surface area (Å²) in [5.41, 5.74) is 18.5. The second kappa shape index (κ2) is 42.4. The van der Waals surface area contributed by atoms with Gasteiger partial charge in [0.05, 0.1) is 108 Å². The summed E-state index contributed by atoms with van der Waals surface area (Å²) in [6.07, 6.45) is -0.142. The van der Waals surface area contributed by atoms with Gasteiger partial charge in [-0.1, -0.05) is 114 Å². The molecule has 752 valence electrons. The van der Waals surface area contributed by atoms with Gasteiger partial charge >= 0.3 is 11.9 Å². The van der Waals surface area contributed by atoms with Gasteiger partial charge < -0.3 is 70.0 Å². The fourth-order valence-corrected chi connectivity index (χ4v) is 23.6. The van der Waals surface area contributed by atoms with Gasteiger partial charge in [0.1, 0.15) is 81.6 Å². The zero-order chi connectivity index (χ0) is 102. The van der Waals surface area contributed by atoms with E-state index in [1.807, 2.05) is 152 Å². The highest BCUT2D eigenvalue weighted by molar-refractivity contribution is 7.15. The van der Waals surface area contributed by atoms with E-state index in [0.29, 0.717) is 47.4 Å². The minimum atomic E-state index is -0.989. The average Bonchev–Trinajstić information content (AvgIpc) is 1.59. The number of carbonyl (C=O) groups is 8. The lowest BCUT2D eigenvalue weighted by molar-refractivity contribution is -0.142. The van der Waals surface area contributed by atoms with Gasteiger partial charge in [-0.3, -0.25) is 57.5 Å². The molecule has 36 heteroatoms.